The molecule has 0 unspecified atom stereocenters. The van der Waals surface area contributed by atoms with Gasteiger partial charge in [0.2, 0.25) is 6.23 Å². The van der Waals surface area contributed by atoms with E-state index in [1.807, 2.05) is 47.5 Å². The predicted molar refractivity (Wildman–Crippen MR) is 153 cm³/mol. The fraction of sp³-hybridized carbons (Fsp3) is 0.367. The van der Waals surface area contributed by atoms with Crippen LogP contribution in [-0.2, 0) is 0 Å². The summed E-state index contributed by atoms with van der Waals surface area (Å²) in [5.41, 5.74) is 3.59. The lowest BCUT2D eigenvalue weighted by Gasteiger charge is -2.38. The summed E-state index contributed by atoms with van der Waals surface area (Å²) in [5, 5.41) is 8.03. The molecule has 3 aromatic carbocycles. The maximum atomic E-state index is 6.64. The van der Waals surface area contributed by atoms with Gasteiger partial charge in [-0.1, -0.05) is 43.0 Å². The summed E-state index contributed by atoms with van der Waals surface area (Å²) in [6, 6.07) is 15.1. The average molecular weight is 572 g/mol. The monoisotopic (exact) mass is 570 g/mol. The van der Waals surface area contributed by atoms with Crippen molar-refractivity contribution in [3.8, 4) is 28.7 Å². The highest BCUT2D eigenvalue weighted by Crippen LogP contribution is 2.51. The number of fused-ring (bicyclic) bond motifs is 3. The van der Waals surface area contributed by atoms with Crippen LogP contribution in [0.3, 0.4) is 0 Å². The Labute approximate surface area is 239 Å². The summed E-state index contributed by atoms with van der Waals surface area (Å²) < 4.78 is 29.2. The summed E-state index contributed by atoms with van der Waals surface area (Å²) >= 11 is 13.1. The van der Waals surface area contributed by atoms with E-state index in [-0.39, 0.29) is 6.04 Å². The molecule has 3 aromatic rings. The third-order valence-electron chi connectivity index (χ3n) is 7.00. The lowest BCUT2D eigenvalue weighted by Crippen LogP contribution is -2.33. The zero-order valence-corrected chi connectivity index (χ0v) is 24.0. The van der Waals surface area contributed by atoms with Crippen molar-refractivity contribution < 1.29 is 23.7 Å². The molecule has 0 spiro atoms. The van der Waals surface area contributed by atoms with Crippen LogP contribution < -0.4 is 23.7 Å². The van der Waals surface area contributed by atoms with Gasteiger partial charge in [-0.25, -0.2) is 5.01 Å². The van der Waals surface area contributed by atoms with Gasteiger partial charge in [-0.05, 0) is 55.0 Å². The lowest BCUT2D eigenvalue weighted by molar-refractivity contribution is -0.0190. The van der Waals surface area contributed by atoms with Crippen molar-refractivity contribution in [3.63, 3.8) is 0 Å². The summed E-state index contributed by atoms with van der Waals surface area (Å²) in [5.74, 6) is 3.24. The van der Waals surface area contributed by atoms with E-state index >= 15 is 0 Å². The van der Waals surface area contributed by atoms with Crippen molar-refractivity contribution in [1.82, 2.24) is 5.01 Å². The van der Waals surface area contributed by atoms with Gasteiger partial charge >= 0.3 is 0 Å². The number of nitrogens with zero attached hydrogens (tertiary/aromatic N) is 2. The minimum Gasteiger partial charge on any atom is -0.493 e. The van der Waals surface area contributed by atoms with E-state index in [2.05, 4.69) is 6.92 Å². The molecule has 2 heterocycles. The Morgan fingerprint density at radius 2 is 1.64 bits per heavy atom. The van der Waals surface area contributed by atoms with Gasteiger partial charge in [0.15, 0.2) is 23.0 Å². The molecule has 0 aromatic heterocycles. The Balaban J connectivity index is 1.53. The van der Waals surface area contributed by atoms with E-state index in [0.717, 1.165) is 41.7 Å². The van der Waals surface area contributed by atoms with Crippen molar-refractivity contribution >= 4 is 28.9 Å². The van der Waals surface area contributed by atoms with Crippen molar-refractivity contribution in [2.24, 2.45) is 5.10 Å². The fourth-order valence-corrected chi connectivity index (χ4v) is 5.57. The first-order valence-corrected chi connectivity index (χ1v) is 13.8. The third-order valence-corrected chi connectivity index (χ3v) is 7.50. The molecule has 7 nitrogen and oxygen atoms in total. The number of unbranched alkanes of at least 4 members (excludes halogenated alkanes) is 2. The predicted octanol–water partition coefficient (Wildman–Crippen LogP) is 7.83. The molecular weight excluding hydrogens is 539 g/mol. The molecule has 0 bridgehead atoms. The molecule has 9 heteroatoms. The van der Waals surface area contributed by atoms with Crippen LogP contribution in [0.4, 0.5) is 0 Å². The number of rotatable bonds is 10. The van der Waals surface area contributed by atoms with Crippen LogP contribution in [0.1, 0.15) is 61.6 Å². The average Bonchev–Trinajstić information content (AvgIpc) is 3.40. The Morgan fingerprint density at radius 1 is 0.897 bits per heavy atom. The second-order valence-electron chi connectivity index (χ2n) is 9.46. The Morgan fingerprint density at radius 3 is 2.38 bits per heavy atom. The fourth-order valence-electron chi connectivity index (χ4n) is 5.02. The van der Waals surface area contributed by atoms with Gasteiger partial charge < -0.3 is 23.7 Å². The molecular formula is C30H32Cl2N2O5. The molecule has 0 amide bonds. The van der Waals surface area contributed by atoms with Gasteiger partial charge in [-0.3, -0.25) is 0 Å². The van der Waals surface area contributed by atoms with Crippen LogP contribution >= 0.6 is 23.2 Å². The molecule has 5 rings (SSSR count). The first-order valence-electron chi connectivity index (χ1n) is 13.0. The zero-order chi connectivity index (χ0) is 27.5. The highest BCUT2D eigenvalue weighted by atomic mass is 35.5. The van der Waals surface area contributed by atoms with Crippen LogP contribution in [0, 0.1) is 0 Å². The molecule has 0 fully saturated rings. The number of methoxy groups -OCH3 is 3. The second kappa shape index (κ2) is 11.8. The minimum atomic E-state index is -0.540. The molecule has 0 saturated carbocycles. The standard InChI is InChI=1S/C30H32Cl2N2O5/c1-5-6-7-12-38-26-11-9-19(14-28(26)37-4)30-34-24(21-15-20(31)16-22(32)29(21)39-30)17-23(33-34)18-8-10-25(35-2)27(13-18)36-3/h8-11,13-16,24,30H,5-7,12,17H2,1-4H3/t24-,30-/m0/s1. The first kappa shape index (κ1) is 27.3. The van der Waals surface area contributed by atoms with Gasteiger partial charge in [-0.2, -0.15) is 5.10 Å². The smallest absolute Gasteiger partial charge is 0.214 e. The van der Waals surface area contributed by atoms with E-state index < -0.39 is 6.23 Å². The number of hydrogen-bond donors (Lipinski definition) is 0. The van der Waals surface area contributed by atoms with E-state index in [0.29, 0.717) is 51.8 Å². The van der Waals surface area contributed by atoms with Crippen molar-refractivity contribution in [3.05, 3.63) is 75.3 Å². The maximum Gasteiger partial charge on any atom is 0.214 e. The molecule has 39 heavy (non-hydrogen) atoms. The van der Waals surface area contributed by atoms with E-state index in [4.69, 9.17) is 52.0 Å². The van der Waals surface area contributed by atoms with Gasteiger partial charge in [0.25, 0.3) is 0 Å². The number of ether oxygens (including phenoxy) is 5. The zero-order valence-electron chi connectivity index (χ0n) is 22.5. The van der Waals surface area contributed by atoms with E-state index in [1.165, 1.54) is 0 Å². The van der Waals surface area contributed by atoms with Crippen molar-refractivity contribution in [2.75, 3.05) is 27.9 Å². The Hall–Kier alpha value is -3.29. The van der Waals surface area contributed by atoms with E-state index in [9.17, 15) is 0 Å². The molecule has 0 N–H and O–H groups in total. The van der Waals surface area contributed by atoms with Crippen LogP contribution in [0.25, 0.3) is 0 Å². The largest absolute Gasteiger partial charge is 0.493 e. The molecule has 2 aliphatic rings. The molecule has 2 aliphatic heterocycles. The molecule has 206 valence electrons. The van der Waals surface area contributed by atoms with Gasteiger partial charge in [0.05, 0.1) is 44.7 Å². The van der Waals surface area contributed by atoms with Gasteiger partial charge in [-0.15, -0.1) is 0 Å². The molecule has 0 aliphatic carbocycles. The minimum absolute atomic E-state index is 0.131. The Bertz CT molecular complexity index is 1380. The van der Waals surface area contributed by atoms with Gasteiger partial charge in [0, 0.05) is 28.1 Å². The summed E-state index contributed by atoms with van der Waals surface area (Å²) in [7, 11) is 4.88. The first-order chi connectivity index (χ1) is 19.0. The van der Waals surface area contributed by atoms with Crippen LogP contribution in [0.2, 0.25) is 10.0 Å². The quantitative estimate of drug-likeness (QED) is 0.231. The number of benzene rings is 3. The highest BCUT2D eigenvalue weighted by molar-refractivity contribution is 6.35. The number of halogens is 2. The van der Waals surface area contributed by atoms with Crippen LogP contribution in [-0.4, -0.2) is 38.7 Å². The van der Waals surface area contributed by atoms with Crippen molar-refractivity contribution in [2.45, 2.75) is 44.9 Å². The summed E-state index contributed by atoms with van der Waals surface area (Å²) in [6.07, 6.45) is 3.35. The van der Waals surface area contributed by atoms with E-state index in [1.54, 1.807) is 27.4 Å². The second-order valence-corrected chi connectivity index (χ2v) is 10.3. The van der Waals surface area contributed by atoms with Crippen LogP contribution in [0.15, 0.2) is 53.6 Å². The molecule has 2 atom stereocenters. The van der Waals surface area contributed by atoms with Crippen LogP contribution in [0.5, 0.6) is 28.7 Å². The number of hydrogen-bond acceptors (Lipinski definition) is 7. The molecule has 0 saturated heterocycles. The normalized spacial score (nSPS) is 17.6. The third kappa shape index (κ3) is 5.43. The Kier molecular flexibility index (Phi) is 8.29. The SMILES string of the molecule is CCCCCOc1ccc([C@@H]2Oc3c(Cl)cc(Cl)cc3[C@@H]3CC(c4ccc(OC)c(OC)c4)=NN32)cc1OC. The van der Waals surface area contributed by atoms with Gasteiger partial charge in [0.1, 0.15) is 5.75 Å². The topological polar surface area (TPSA) is 61.8 Å². The summed E-state index contributed by atoms with van der Waals surface area (Å²) in [4.78, 5) is 0. The lowest BCUT2D eigenvalue weighted by atomic mass is 9.95. The highest BCUT2D eigenvalue weighted by Gasteiger charge is 2.42. The summed E-state index contributed by atoms with van der Waals surface area (Å²) in [6.45, 7) is 2.81. The maximum absolute atomic E-state index is 6.64. The van der Waals surface area contributed by atoms with Crippen molar-refractivity contribution in [1.29, 1.82) is 0 Å². The molecule has 0 radical (unpaired) electrons. The number of hydrazone groups is 1.